The van der Waals surface area contributed by atoms with Crippen LogP contribution in [0.2, 0.25) is 0 Å². The maximum Gasteiger partial charge on any atom is 0.312 e. The van der Waals surface area contributed by atoms with Crippen molar-refractivity contribution in [2.24, 2.45) is 5.14 Å². The van der Waals surface area contributed by atoms with Crippen molar-refractivity contribution in [3.8, 4) is 0 Å². The molecule has 0 amide bonds. The summed E-state index contributed by atoms with van der Waals surface area (Å²) in [6.45, 7) is 0.222. The molecular formula is C17H17N5O4S. The van der Waals surface area contributed by atoms with Gasteiger partial charge in [0.25, 0.3) is 0 Å². The first-order valence-corrected chi connectivity index (χ1v) is 9.91. The van der Waals surface area contributed by atoms with Gasteiger partial charge in [-0.05, 0) is 37.1 Å². The zero-order valence-electron chi connectivity index (χ0n) is 14.2. The quantitative estimate of drug-likeness (QED) is 0.493. The molecule has 3 N–H and O–H groups in total. The van der Waals surface area contributed by atoms with E-state index in [4.69, 9.17) is 5.14 Å². The van der Waals surface area contributed by atoms with E-state index in [0.717, 1.165) is 35.8 Å². The van der Waals surface area contributed by atoms with E-state index >= 15 is 0 Å². The number of hydrogen-bond acceptors (Lipinski definition) is 6. The van der Waals surface area contributed by atoms with Gasteiger partial charge in [0.05, 0.1) is 22.5 Å². The van der Waals surface area contributed by atoms with Crippen molar-refractivity contribution >= 4 is 32.4 Å². The number of hydrogen-bond donors (Lipinski definition) is 2. The van der Waals surface area contributed by atoms with Crippen LogP contribution < -0.4 is 10.5 Å². The van der Waals surface area contributed by atoms with E-state index < -0.39 is 25.5 Å². The molecule has 0 unspecified atom stereocenters. The Kier molecular flexibility index (Phi) is 4.08. The number of nitrogens with zero attached hydrogens (tertiary/aromatic N) is 3. The molecule has 0 saturated heterocycles. The Hall–Kier alpha value is -2.98. The standard InChI is InChI=1S/C17H17N5O4S/c18-27(25,26)15-7-3-5-13(17(15)22(23)24)19-10-16-20-12-4-1-2-6-14(12)21(16)11-8-9-11/h1-7,11,19H,8-10H2,(H2,18,25,26). The fourth-order valence-corrected chi connectivity index (χ4v) is 3.94. The van der Waals surface area contributed by atoms with Gasteiger partial charge < -0.3 is 9.88 Å². The normalized spacial score (nSPS) is 14.4. The Morgan fingerprint density at radius 2 is 1.96 bits per heavy atom. The number of benzene rings is 2. The van der Waals surface area contributed by atoms with Crippen LogP contribution in [0, 0.1) is 10.1 Å². The molecule has 3 aromatic rings. The first kappa shape index (κ1) is 17.4. The van der Waals surface area contributed by atoms with Crippen molar-refractivity contribution in [3.05, 3.63) is 58.4 Å². The second-order valence-electron chi connectivity index (χ2n) is 6.43. The lowest BCUT2D eigenvalue weighted by molar-refractivity contribution is -0.386. The summed E-state index contributed by atoms with van der Waals surface area (Å²) in [5.41, 5.74) is 1.40. The maximum atomic E-state index is 11.7. The minimum Gasteiger partial charge on any atom is -0.372 e. The molecule has 1 fully saturated rings. The Morgan fingerprint density at radius 1 is 1.22 bits per heavy atom. The number of anilines is 1. The largest absolute Gasteiger partial charge is 0.372 e. The van der Waals surface area contributed by atoms with Crippen LogP contribution in [0.1, 0.15) is 24.7 Å². The Bertz CT molecular complexity index is 1150. The summed E-state index contributed by atoms with van der Waals surface area (Å²) in [5.74, 6) is 0.744. The molecule has 0 spiro atoms. The van der Waals surface area contributed by atoms with Crippen LogP contribution in [0.15, 0.2) is 47.4 Å². The number of sulfonamides is 1. The van der Waals surface area contributed by atoms with Crippen molar-refractivity contribution in [1.29, 1.82) is 0 Å². The Balaban J connectivity index is 1.72. The average Bonchev–Trinajstić information content (AvgIpc) is 3.38. The van der Waals surface area contributed by atoms with Crippen molar-refractivity contribution in [1.82, 2.24) is 9.55 Å². The monoisotopic (exact) mass is 387 g/mol. The van der Waals surface area contributed by atoms with Gasteiger partial charge in [-0.2, -0.15) is 0 Å². The summed E-state index contributed by atoms with van der Waals surface area (Å²) in [6, 6.07) is 12.1. The van der Waals surface area contributed by atoms with Crippen LogP contribution in [0.5, 0.6) is 0 Å². The van der Waals surface area contributed by atoms with E-state index in [-0.39, 0.29) is 12.2 Å². The highest BCUT2D eigenvalue weighted by atomic mass is 32.2. The van der Waals surface area contributed by atoms with E-state index in [1.165, 1.54) is 12.1 Å². The van der Waals surface area contributed by atoms with Crippen molar-refractivity contribution in [2.75, 3.05) is 5.32 Å². The molecule has 1 aliphatic carbocycles. The topological polar surface area (TPSA) is 133 Å². The van der Waals surface area contributed by atoms with E-state index in [1.54, 1.807) is 0 Å². The predicted molar refractivity (Wildman–Crippen MR) is 99.8 cm³/mol. The summed E-state index contributed by atoms with van der Waals surface area (Å²) in [5, 5.41) is 19.5. The number of primary sulfonamides is 1. The smallest absolute Gasteiger partial charge is 0.312 e. The molecule has 10 heteroatoms. The molecule has 2 aromatic carbocycles. The molecule has 9 nitrogen and oxygen atoms in total. The van der Waals surface area contributed by atoms with Crippen LogP contribution in [-0.2, 0) is 16.6 Å². The van der Waals surface area contributed by atoms with Gasteiger partial charge in [0.1, 0.15) is 11.5 Å². The van der Waals surface area contributed by atoms with Crippen LogP contribution in [0.3, 0.4) is 0 Å². The summed E-state index contributed by atoms with van der Waals surface area (Å²) in [6.07, 6.45) is 2.13. The van der Waals surface area contributed by atoms with Gasteiger partial charge in [0.15, 0.2) is 4.90 Å². The number of fused-ring (bicyclic) bond motifs is 1. The SMILES string of the molecule is NS(=O)(=O)c1cccc(NCc2nc3ccccc3n2C2CC2)c1[N+](=O)[O-]. The lowest BCUT2D eigenvalue weighted by Gasteiger charge is -2.11. The fourth-order valence-electron chi connectivity index (χ4n) is 3.22. The molecule has 27 heavy (non-hydrogen) atoms. The molecule has 1 heterocycles. The highest BCUT2D eigenvalue weighted by molar-refractivity contribution is 7.89. The van der Waals surface area contributed by atoms with Crippen LogP contribution in [0.25, 0.3) is 11.0 Å². The number of rotatable bonds is 6. The maximum absolute atomic E-state index is 11.7. The summed E-state index contributed by atoms with van der Waals surface area (Å²) >= 11 is 0. The first-order chi connectivity index (χ1) is 12.9. The van der Waals surface area contributed by atoms with Crippen LogP contribution >= 0.6 is 0 Å². The fraction of sp³-hybridized carbons (Fsp3) is 0.235. The average molecular weight is 387 g/mol. The summed E-state index contributed by atoms with van der Waals surface area (Å²) < 4.78 is 25.5. The highest BCUT2D eigenvalue weighted by Crippen LogP contribution is 2.39. The zero-order valence-corrected chi connectivity index (χ0v) is 15.0. The first-order valence-electron chi connectivity index (χ1n) is 8.36. The van der Waals surface area contributed by atoms with E-state index in [0.29, 0.717) is 6.04 Å². The molecule has 0 aliphatic heterocycles. The van der Waals surface area contributed by atoms with Crippen molar-refractivity contribution < 1.29 is 13.3 Å². The number of nitro benzene ring substituents is 1. The second kappa shape index (κ2) is 6.32. The van der Waals surface area contributed by atoms with Gasteiger partial charge >= 0.3 is 5.69 Å². The molecular weight excluding hydrogens is 370 g/mol. The second-order valence-corrected chi connectivity index (χ2v) is 7.96. The third-order valence-corrected chi connectivity index (χ3v) is 5.45. The number of aromatic nitrogens is 2. The highest BCUT2D eigenvalue weighted by Gasteiger charge is 2.29. The molecule has 1 saturated carbocycles. The van der Waals surface area contributed by atoms with E-state index in [2.05, 4.69) is 14.9 Å². The minimum atomic E-state index is -4.22. The van der Waals surface area contributed by atoms with Crippen molar-refractivity contribution in [2.45, 2.75) is 30.3 Å². The third kappa shape index (κ3) is 3.24. The van der Waals surface area contributed by atoms with Gasteiger partial charge in [-0.25, -0.2) is 18.5 Å². The molecule has 0 bridgehead atoms. The van der Waals surface area contributed by atoms with Crippen LogP contribution in [0.4, 0.5) is 11.4 Å². The predicted octanol–water partition coefficient (Wildman–Crippen LogP) is 2.54. The molecule has 1 aliphatic rings. The number of nitrogens with one attached hydrogen (secondary N) is 1. The lowest BCUT2D eigenvalue weighted by atomic mass is 10.2. The van der Waals surface area contributed by atoms with Gasteiger partial charge in [-0.1, -0.05) is 18.2 Å². The lowest BCUT2D eigenvalue weighted by Crippen LogP contribution is -2.16. The third-order valence-electron chi connectivity index (χ3n) is 4.51. The van der Waals surface area contributed by atoms with Gasteiger partial charge in [-0.3, -0.25) is 10.1 Å². The van der Waals surface area contributed by atoms with Gasteiger partial charge in [-0.15, -0.1) is 0 Å². The zero-order chi connectivity index (χ0) is 19.2. The number of nitro groups is 1. The summed E-state index contributed by atoms with van der Waals surface area (Å²) in [4.78, 5) is 14.8. The molecule has 0 radical (unpaired) electrons. The molecule has 140 valence electrons. The molecule has 4 rings (SSSR count). The number of para-hydroxylation sites is 3. The molecule has 0 atom stereocenters. The van der Waals surface area contributed by atoms with Gasteiger partial charge in [0, 0.05) is 6.04 Å². The Morgan fingerprint density at radius 3 is 2.63 bits per heavy atom. The number of imidazole rings is 1. The minimum absolute atomic E-state index is 0.0842. The number of nitrogens with two attached hydrogens (primary N) is 1. The Labute approximate surface area is 155 Å². The van der Waals surface area contributed by atoms with E-state index in [9.17, 15) is 18.5 Å². The van der Waals surface area contributed by atoms with Crippen LogP contribution in [-0.4, -0.2) is 22.9 Å². The van der Waals surface area contributed by atoms with Crippen molar-refractivity contribution in [3.63, 3.8) is 0 Å². The van der Waals surface area contributed by atoms with Gasteiger partial charge in [0.2, 0.25) is 10.0 Å². The van der Waals surface area contributed by atoms with E-state index in [1.807, 2.05) is 24.3 Å². The molecule has 1 aromatic heterocycles. The summed E-state index contributed by atoms with van der Waals surface area (Å²) in [7, 11) is -4.22.